The maximum Gasteiger partial charge on any atom is 0.321 e. The molecule has 1 atom stereocenters. The first kappa shape index (κ1) is 17.7. The van der Waals surface area contributed by atoms with Gasteiger partial charge in [0, 0.05) is 39.4 Å². The molecule has 0 unspecified atom stereocenters. The highest BCUT2D eigenvalue weighted by atomic mass is 16.2. The van der Waals surface area contributed by atoms with Crippen molar-refractivity contribution in [2.75, 3.05) is 38.1 Å². The molecular formula is C16H22N6O2. The van der Waals surface area contributed by atoms with Crippen molar-refractivity contribution in [2.45, 2.75) is 19.4 Å². The second-order valence-electron chi connectivity index (χ2n) is 5.61. The maximum absolute atomic E-state index is 12.1. The van der Waals surface area contributed by atoms with Gasteiger partial charge < -0.3 is 10.2 Å². The number of pyridine rings is 1. The van der Waals surface area contributed by atoms with Crippen LogP contribution in [-0.4, -0.2) is 61.1 Å². The minimum Gasteiger partial charge on any atom is -0.354 e. The number of nitriles is 1. The van der Waals surface area contributed by atoms with Crippen molar-refractivity contribution < 1.29 is 9.59 Å². The summed E-state index contributed by atoms with van der Waals surface area (Å²) < 4.78 is 0. The standard InChI is InChI=1S/C16H22N6O2/c1-12(15(23)20-16(24)18-2)21-7-4-8-22(10-9-21)14-13(11-17)5-3-6-19-14/h3,5-6,12H,4,7-10H2,1-2H3,(H2,18,20,23,24)/t12-/m0/s1. The fourth-order valence-electron chi connectivity index (χ4n) is 2.72. The van der Waals surface area contributed by atoms with Crippen LogP contribution in [0.25, 0.3) is 0 Å². The minimum atomic E-state index is -0.504. The largest absolute Gasteiger partial charge is 0.354 e. The third-order valence-electron chi connectivity index (χ3n) is 4.13. The fraction of sp³-hybridized carbons (Fsp3) is 0.500. The molecule has 24 heavy (non-hydrogen) atoms. The Balaban J connectivity index is 2.01. The molecule has 1 fully saturated rings. The van der Waals surface area contributed by atoms with Gasteiger partial charge in [-0.2, -0.15) is 5.26 Å². The summed E-state index contributed by atoms with van der Waals surface area (Å²) in [6, 6.07) is 4.76. The highest BCUT2D eigenvalue weighted by Gasteiger charge is 2.25. The molecule has 2 heterocycles. The van der Waals surface area contributed by atoms with Crippen LogP contribution < -0.4 is 15.5 Å². The number of aromatic nitrogens is 1. The summed E-state index contributed by atoms with van der Waals surface area (Å²) in [6.07, 6.45) is 2.53. The molecule has 1 aromatic heterocycles. The van der Waals surface area contributed by atoms with Crippen LogP contribution in [0.15, 0.2) is 18.3 Å². The molecule has 1 aromatic rings. The first-order valence-electron chi connectivity index (χ1n) is 7.93. The lowest BCUT2D eigenvalue weighted by Crippen LogP contribution is -2.50. The van der Waals surface area contributed by atoms with Gasteiger partial charge in [0.05, 0.1) is 11.6 Å². The number of urea groups is 1. The van der Waals surface area contributed by atoms with Gasteiger partial charge in [-0.15, -0.1) is 0 Å². The first-order valence-corrected chi connectivity index (χ1v) is 7.93. The van der Waals surface area contributed by atoms with E-state index in [4.69, 9.17) is 0 Å². The highest BCUT2D eigenvalue weighted by Crippen LogP contribution is 2.18. The molecule has 8 nitrogen and oxygen atoms in total. The van der Waals surface area contributed by atoms with Gasteiger partial charge >= 0.3 is 6.03 Å². The van der Waals surface area contributed by atoms with Gasteiger partial charge in [0.25, 0.3) is 0 Å². The molecule has 0 bridgehead atoms. The molecular weight excluding hydrogens is 308 g/mol. The molecule has 128 valence electrons. The molecule has 1 saturated heterocycles. The molecule has 1 aliphatic heterocycles. The summed E-state index contributed by atoms with van der Waals surface area (Å²) in [7, 11) is 1.47. The van der Waals surface area contributed by atoms with Crippen molar-refractivity contribution in [3.63, 3.8) is 0 Å². The Morgan fingerprint density at radius 2 is 2.12 bits per heavy atom. The predicted molar refractivity (Wildman–Crippen MR) is 89.4 cm³/mol. The van der Waals surface area contributed by atoms with Crippen molar-refractivity contribution in [2.24, 2.45) is 0 Å². The molecule has 8 heteroatoms. The van der Waals surface area contributed by atoms with E-state index in [0.29, 0.717) is 24.5 Å². The zero-order chi connectivity index (χ0) is 17.5. The number of amides is 3. The summed E-state index contributed by atoms with van der Waals surface area (Å²) in [5.41, 5.74) is 0.552. The summed E-state index contributed by atoms with van der Waals surface area (Å²) in [5.74, 6) is 0.364. The number of hydrogen-bond acceptors (Lipinski definition) is 6. The lowest BCUT2D eigenvalue weighted by molar-refractivity contribution is -0.124. The maximum atomic E-state index is 12.1. The van der Waals surface area contributed by atoms with Crippen LogP contribution in [0.4, 0.5) is 10.6 Å². The van der Waals surface area contributed by atoms with E-state index in [1.165, 1.54) is 7.05 Å². The molecule has 1 aliphatic rings. The average molecular weight is 330 g/mol. The Morgan fingerprint density at radius 1 is 1.33 bits per heavy atom. The summed E-state index contributed by atoms with van der Waals surface area (Å²) in [6.45, 7) is 4.63. The Morgan fingerprint density at radius 3 is 2.83 bits per heavy atom. The van der Waals surface area contributed by atoms with Crippen molar-refractivity contribution in [1.29, 1.82) is 5.26 Å². The second-order valence-corrected chi connectivity index (χ2v) is 5.61. The Bertz CT molecular complexity index is 642. The van der Waals surface area contributed by atoms with Gasteiger partial charge in [-0.05, 0) is 25.5 Å². The molecule has 3 amide bonds. The van der Waals surface area contributed by atoms with E-state index in [-0.39, 0.29) is 5.91 Å². The third-order valence-corrected chi connectivity index (χ3v) is 4.13. The van der Waals surface area contributed by atoms with Gasteiger partial charge in [-0.25, -0.2) is 9.78 Å². The van der Waals surface area contributed by atoms with E-state index in [1.807, 2.05) is 4.90 Å². The van der Waals surface area contributed by atoms with Crippen LogP contribution in [-0.2, 0) is 4.79 Å². The minimum absolute atomic E-state index is 0.321. The molecule has 0 saturated carbocycles. The highest BCUT2D eigenvalue weighted by molar-refractivity contribution is 5.96. The summed E-state index contributed by atoms with van der Waals surface area (Å²) in [4.78, 5) is 31.8. The monoisotopic (exact) mass is 330 g/mol. The molecule has 2 rings (SSSR count). The van der Waals surface area contributed by atoms with Crippen molar-refractivity contribution in [1.82, 2.24) is 20.5 Å². The normalized spacial score (nSPS) is 16.6. The third kappa shape index (κ3) is 4.20. The number of hydrogen-bond donors (Lipinski definition) is 2. The zero-order valence-corrected chi connectivity index (χ0v) is 14.0. The van der Waals surface area contributed by atoms with Gasteiger partial charge in [0.2, 0.25) is 5.91 Å². The van der Waals surface area contributed by atoms with Crippen LogP contribution in [0.5, 0.6) is 0 Å². The van der Waals surface area contributed by atoms with Crippen molar-refractivity contribution >= 4 is 17.8 Å². The number of rotatable bonds is 3. The van der Waals surface area contributed by atoms with Crippen LogP contribution >= 0.6 is 0 Å². The van der Waals surface area contributed by atoms with Crippen LogP contribution in [0, 0.1) is 11.3 Å². The number of carbonyl (C=O) groups is 2. The van der Waals surface area contributed by atoms with Crippen molar-refractivity contribution in [3.8, 4) is 6.07 Å². The SMILES string of the molecule is CNC(=O)NC(=O)[C@H](C)N1CCCN(c2ncccc2C#N)CC1. The van der Waals surface area contributed by atoms with E-state index >= 15 is 0 Å². The molecule has 0 aliphatic carbocycles. The van der Waals surface area contributed by atoms with Crippen LogP contribution in [0.3, 0.4) is 0 Å². The topological polar surface area (TPSA) is 101 Å². The quantitative estimate of drug-likeness (QED) is 0.827. The van der Waals surface area contributed by atoms with Crippen LogP contribution in [0.1, 0.15) is 18.9 Å². The fourth-order valence-corrected chi connectivity index (χ4v) is 2.72. The summed E-state index contributed by atoms with van der Waals surface area (Å²) >= 11 is 0. The lowest BCUT2D eigenvalue weighted by atomic mass is 10.2. The Hall–Kier alpha value is -2.66. The molecule has 0 spiro atoms. The predicted octanol–water partition coefficient (Wildman–Crippen LogP) is 0.309. The van der Waals surface area contributed by atoms with E-state index in [1.54, 1.807) is 25.3 Å². The lowest BCUT2D eigenvalue weighted by Gasteiger charge is -2.27. The Kier molecular flexibility index (Phi) is 6.09. The number of nitrogens with zero attached hydrogens (tertiary/aromatic N) is 4. The van der Waals surface area contributed by atoms with Gasteiger partial charge in [0.1, 0.15) is 11.9 Å². The van der Waals surface area contributed by atoms with E-state index < -0.39 is 12.1 Å². The second kappa shape index (κ2) is 8.26. The zero-order valence-electron chi connectivity index (χ0n) is 14.0. The average Bonchev–Trinajstić information content (AvgIpc) is 2.86. The first-order chi connectivity index (χ1) is 11.6. The Labute approximate surface area is 141 Å². The van der Waals surface area contributed by atoms with Gasteiger partial charge in [0.15, 0.2) is 0 Å². The summed E-state index contributed by atoms with van der Waals surface area (Å²) in [5, 5.41) is 13.9. The number of carbonyl (C=O) groups excluding carboxylic acids is 2. The van der Waals surface area contributed by atoms with Gasteiger partial charge in [-0.1, -0.05) is 0 Å². The number of anilines is 1. The van der Waals surface area contributed by atoms with Crippen molar-refractivity contribution in [3.05, 3.63) is 23.9 Å². The van der Waals surface area contributed by atoms with E-state index in [0.717, 1.165) is 19.5 Å². The van der Waals surface area contributed by atoms with Crippen LogP contribution in [0.2, 0.25) is 0 Å². The van der Waals surface area contributed by atoms with E-state index in [2.05, 4.69) is 26.6 Å². The molecule has 0 aromatic carbocycles. The van der Waals surface area contributed by atoms with E-state index in [9.17, 15) is 14.9 Å². The molecule has 0 radical (unpaired) electrons. The smallest absolute Gasteiger partial charge is 0.321 e. The van der Waals surface area contributed by atoms with Gasteiger partial charge in [-0.3, -0.25) is 15.0 Å². The molecule has 2 N–H and O–H groups in total. The number of nitrogens with one attached hydrogen (secondary N) is 2. The number of imide groups is 1.